The van der Waals surface area contributed by atoms with Crippen LogP contribution < -0.4 is 0 Å². The van der Waals surface area contributed by atoms with Crippen molar-refractivity contribution in [3.63, 3.8) is 0 Å². The molecular formula is C18H38BN2O4P. The van der Waals surface area contributed by atoms with Gasteiger partial charge in [-0.3, -0.25) is 0 Å². The Morgan fingerprint density at radius 1 is 1.00 bits per heavy atom. The maximum Gasteiger partial charge on any atom is 0.189 e. The first-order chi connectivity index (χ1) is 11.8. The van der Waals surface area contributed by atoms with Gasteiger partial charge in [-0.15, -0.1) is 0 Å². The van der Waals surface area contributed by atoms with E-state index < -0.39 is 32.3 Å². The maximum absolute atomic E-state index is 10.4. The average Bonchev–Trinajstić information content (AvgIpc) is 2.66. The molecule has 0 aromatic carbocycles. The van der Waals surface area contributed by atoms with Crippen LogP contribution in [0.3, 0.4) is 0 Å². The van der Waals surface area contributed by atoms with Gasteiger partial charge in [0.2, 0.25) is 0 Å². The lowest BCUT2D eigenvalue weighted by molar-refractivity contribution is -0.0458. The van der Waals surface area contributed by atoms with Gasteiger partial charge < -0.3 is 19.5 Å². The second kappa shape index (κ2) is 9.64. The topological polar surface area (TPSA) is 65.4 Å². The highest BCUT2D eigenvalue weighted by Crippen LogP contribution is 2.51. The number of nitrogens with zero attached hydrogens (tertiary/aromatic N) is 2. The first kappa shape index (κ1) is 24.3. The normalized spacial score (nSPS) is 30.3. The highest BCUT2D eigenvalue weighted by atomic mass is 31.2. The number of ether oxygens (including phenoxy) is 1. The highest BCUT2D eigenvalue weighted by Gasteiger charge is 2.50. The lowest BCUT2D eigenvalue weighted by atomic mass is 9.82. The second-order valence-electron chi connectivity index (χ2n) is 8.45. The minimum Gasteiger partial charge on any atom is -0.387 e. The van der Waals surface area contributed by atoms with Crippen LogP contribution in [0.4, 0.5) is 0 Å². The Balaban J connectivity index is 3.03. The van der Waals surface area contributed by atoms with E-state index in [2.05, 4.69) is 64.7 Å². The smallest absolute Gasteiger partial charge is 0.189 e. The van der Waals surface area contributed by atoms with Crippen LogP contribution in [0.1, 0.15) is 62.3 Å². The molecule has 1 rings (SSSR count). The molecule has 0 spiro atoms. The number of aliphatic hydroxyl groups excluding tert-OH is 1. The Bertz CT molecular complexity index is 401. The van der Waals surface area contributed by atoms with Crippen molar-refractivity contribution in [1.29, 1.82) is 0 Å². The highest BCUT2D eigenvalue weighted by molar-refractivity contribution is 7.47. The lowest BCUT2D eigenvalue weighted by Crippen LogP contribution is -2.47. The molecule has 4 atom stereocenters. The van der Waals surface area contributed by atoms with Crippen LogP contribution in [0.2, 0.25) is 0 Å². The van der Waals surface area contributed by atoms with Crippen molar-refractivity contribution >= 4 is 16.3 Å². The molecular weight excluding hydrogens is 350 g/mol. The van der Waals surface area contributed by atoms with E-state index in [1.54, 1.807) is 0 Å². The zero-order valence-corrected chi connectivity index (χ0v) is 18.8. The van der Waals surface area contributed by atoms with Crippen LogP contribution in [0.25, 0.3) is 0 Å². The van der Waals surface area contributed by atoms with E-state index in [9.17, 15) is 10.2 Å². The van der Waals surface area contributed by atoms with Crippen molar-refractivity contribution in [2.24, 2.45) is 0 Å². The minimum atomic E-state index is -1.47. The molecule has 0 amide bonds. The fraction of sp³-hybridized carbons (Fsp3) is 1.00. The standard InChI is InChI=1S/C18H38BN2O4P/c1-11(2)20(12(3)4)26(21(13(5)6)14(7)8)24-10-15-16(22)18(9,23)17(19)25-15/h11-17,22-23H,10H2,1-9H3/t15-,16-,17-,18-/m1/s1. The van der Waals surface area contributed by atoms with E-state index in [1.807, 2.05) is 0 Å². The molecule has 2 radical (unpaired) electrons. The molecule has 0 aromatic rings. The minimum absolute atomic E-state index is 0.183. The van der Waals surface area contributed by atoms with Crippen molar-refractivity contribution in [1.82, 2.24) is 9.34 Å². The van der Waals surface area contributed by atoms with Gasteiger partial charge in [0.05, 0.1) is 6.61 Å². The molecule has 1 saturated heterocycles. The summed E-state index contributed by atoms with van der Waals surface area (Å²) in [6, 6.07) is 0.304. The second-order valence-corrected chi connectivity index (χ2v) is 10.1. The number of aliphatic hydroxyl groups is 2. The predicted octanol–water partition coefficient (Wildman–Crippen LogP) is 2.47. The van der Waals surface area contributed by atoms with Crippen molar-refractivity contribution < 1.29 is 19.5 Å². The third-order valence-electron chi connectivity index (χ3n) is 4.71. The summed E-state index contributed by atoms with van der Waals surface area (Å²) in [5.41, 5.74) is -1.47. The lowest BCUT2D eigenvalue weighted by Gasteiger charge is -2.46. The Morgan fingerprint density at radius 2 is 1.38 bits per heavy atom. The van der Waals surface area contributed by atoms with Gasteiger partial charge in [-0.25, -0.2) is 9.34 Å². The van der Waals surface area contributed by atoms with Gasteiger partial charge in [-0.2, -0.15) is 0 Å². The van der Waals surface area contributed by atoms with Gasteiger partial charge in [-0.1, -0.05) is 0 Å². The molecule has 1 fully saturated rings. The molecule has 2 N–H and O–H groups in total. The maximum atomic E-state index is 10.4. The van der Waals surface area contributed by atoms with Crippen LogP contribution in [0.5, 0.6) is 0 Å². The van der Waals surface area contributed by atoms with Gasteiger partial charge in [-0.05, 0) is 62.3 Å². The summed E-state index contributed by atoms with van der Waals surface area (Å²) in [4.78, 5) is 0. The molecule has 0 aromatic heterocycles. The fourth-order valence-electron chi connectivity index (χ4n) is 3.45. The average molecular weight is 388 g/mol. The molecule has 152 valence electrons. The van der Waals surface area contributed by atoms with E-state index >= 15 is 0 Å². The number of rotatable bonds is 9. The van der Waals surface area contributed by atoms with Gasteiger partial charge in [0.25, 0.3) is 0 Å². The molecule has 0 saturated carbocycles. The molecule has 0 aliphatic carbocycles. The van der Waals surface area contributed by atoms with E-state index in [4.69, 9.17) is 17.1 Å². The summed E-state index contributed by atoms with van der Waals surface area (Å²) >= 11 is 0. The first-order valence-corrected chi connectivity index (χ1v) is 10.8. The van der Waals surface area contributed by atoms with Crippen LogP contribution in [-0.4, -0.2) is 82.0 Å². The Hall–Kier alpha value is 0.255. The fourth-order valence-corrected chi connectivity index (χ4v) is 5.82. The largest absolute Gasteiger partial charge is 0.387 e. The summed E-state index contributed by atoms with van der Waals surface area (Å²) in [5.74, 6) is 0. The van der Waals surface area contributed by atoms with Crippen molar-refractivity contribution in [3.8, 4) is 0 Å². The molecule has 1 heterocycles. The quantitative estimate of drug-likeness (QED) is 0.467. The van der Waals surface area contributed by atoms with E-state index in [0.717, 1.165) is 0 Å². The zero-order chi connectivity index (χ0) is 20.4. The van der Waals surface area contributed by atoms with Crippen LogP contribution in [0.15, 0.2) is 0 Å². The number of hydrogen-bond acceptors (Lipinski definition) is 6. The van der Waals surface area contributed by atoms with Crippen molar-refractivity contribution in [2.45, 2.75) is 110 Å². The van der Waals surface area contributed by atoms with Gasteiger partial charge in [0, 0.05) is 30.2 Å². The molecule has 26 heavy (non-hydrogen) atoms. The van der Waals surface area contributed by atoms with Gasteiger partial charge >= 0.3 is 0 Å². The first-order valence-electron chi connectivity index (χ1n) is 9.63. The van der Waals surface area contributed by atoms with Crippen molar-refractivity contribution in [2.75, 3.05) is 6.61 Å². The van der Waals surface area contributed by atoms with Gasteiger partial charge in [0.15, 0.2) is 8.45 Å². The molecule has 0 unspecified atom stereocenters. The zero-order valence-electron chi connectivity index (χ0n) is 17.9. The van der Waals surface area contributed by atoms with Crippen LogP contribution in [-0.2, 0) is 9.26 Å². The summed E-state index contributed by atoms with van der Waals surface area (Å²) in [7, 11) is 4.74. The molecule has 8 heteroatoms. The molecule has 1 aliphatic rings. The Morgan fingerprint density at radius 3 is 1.65 bits per heavy atom. The van der Waals surface area contributed by atoms with E-state index in [1.165, 1.54) is 6.92 Å². The summed E-state index contributed by atoms with van der Waals surface area (Å²) < 4.78 is 16.7. The SMILES string of the molecule is [B][C@@H]1O[C@H](COP(N(C(C)C)C(C)C)N(C(C)C)C(C)C)[C@@H](O)[C@@]1(C)O. The van der Waals surface area contributed by atoms with Crippen molar-refractivity contribution in [3.05, 3.63) is 0 Å². The van der Waals surface area contributed by atoms with E-state index in [-0.39, 0.29) is 6.61 Å². The summed E-state index contributed by atoms with van der Waals surface area (Å²) in [6.45, 7) is 19.0. The predicted molar refractivity (Wildman–Crippen MR) is 108 cm³/mol. The molecule has 1 aliphatic heterocycles. The van der Waals surface area contributed by atoms with Crippen LogP contribution in [0, 0.1) is 0 Å². The summed E-state index contributed by atoms with van der Waals surface area (Å²) in [6.07, 6.45) is -1.72. The summed E-state index contributed by atoms with van der Waals surface area (Å²) in [5, 5.41) is 20.6. The Kier molecular flexibility index (Phi) is 9.01. The molecule has 0 bridgehead atoms. The monoisotopic (exact) mass is 388 g/mol. The number of hydrogen-bond donors (Lipinski definition) is 2. The Labute approximate surface area is 162 Å². The molecule has 6 nitrogen and oxygen atoms in total. The van der Waals surface area contributed by atoms with Gasteiger partial charge in [0.1, 0.15) is 25.7 Å². The third-order valence-corrected chi connectivity index (χ3v) is 7.73. The van der Waals surface area contributed by atoms with E-state index in [0.29, 0.717) is 24.2 Å². The van der Waals surface area contributed by atoms with Crippen LogP contribution >= 0.6 is 8.45 Å². The third kappa shape index (κ3) is 5.41.